The summed E-state index contributed by atoms with van der Waals surface area (Å²) in [4.78, 5) is 13.5. The van der Waals surface area contributed by atoms with E-state index < -0.39 is 0 Å². The lowest BCUT2D eigenvalue weighted by molar-refractivity contribution is -0.131. The summed E-state index contributed by atoms with van der Waals surface area (Å²) in [5.41, 5.74) is 2.22. The zero-order valence-electron chi connectivity index (χ0n) is 13.2. The smallest absolute Gasteiger partial charge is 0.260 e. The van der Waals surface area contributed by atoms with Gasteiger partial charge in [0.05, 0.1) is 0 Å². The number of nitrogens with zero attached hydrogens (tertiary/aromatic N) is 1. The molecule has 1 rings (SSSR count). The molecule has 0 saturated heterocycles. The van der Waals surface area contributed by atoms with Crippen molar-refractivity contribution >= 4 is 5.91 Å². The van der Waals surface area contributed by atoms with Crippen LogP contribution in [0.5, 0.6) is 5.75 Å². The van der Waals surface area contributed by atoms with Crippen molar-refractivity contribution in [2.45, 2.75) is 33.7 Å². The summed E-state index contributed by atoms with van der Waals surface area (Å²) in [6.45, 7) is 9.81. The number of aryl methyl sites for hydroxylation is 1. The third-order valence-corrected chi connectivity index (χ3v) is 3.40. The maximum atomic E-state index is 11.8. The molecule has 1 amide bonds. The third kappa shape index (κ3) is 4.53. The number of nitrogens with one attached hydrogen (secondary N) is 1. The zero-order valence-corrected chi connectivity index (χ0v) is 13.2. The summed E-state index contributed by atoms with van der Waals surface area (Å²) in [5.74, 6) is 0.785. The summed E-state index contributed by atoms with van der Waals surface area (Å²) in [6.07, 6.45) is 0. The van der Waals surface area contributed by atoms with E-state index in [4.69, 9.17) is 4.74 Å². The first-order chi connectivity index (χ1) is 9.49. The number of hydrogen-bond acceptors (Lipinski definition) is 3. The molecule has 0 heterocycles. The summed E-state index contributed by atoms with van der Waals surface area (Å²) in [6, 6.07) is 6.32. The van der Waals surface area contributed by atoms with Crippen LogP contribution in [0.1, 0.15) is 37.9 Å². The molecule has 1 aromatic carbocycles. The van der Waals surface area contributed by atoms with Gasteiger partial charge in [0.15, 0.2) is 6.61 Å². The van der Waals surface area contributed by atoms with Gasteiger partial charge >= 0.3 is 0 Å². The Bertz CT molecular complexity index is 446. The van der Waals surface area contributed by atoms with Crippen molar-refractivity contribution in [2.24, 2.45) is 0 Å². The average Bonchev–Trinajstić information content (AvgIpc) is 2.44. The fourth-order valence-electron chi connectivity index (χ4n) is 1.97. The van der Waals surface area contributed by atoms with Crippen LogP contribution in [0.3, 0.4) is 0 Å². The van der Waals surface area contributed by atoms with Crippen LogP contribution in [0.4, 0.5) is 0 Å². The van der Waals surface area contributed by atoms with Gasteiger partial charge in [0.1, 0.15) is 5.75 Å². The first-order valence-corrected chi connectivity index (χ1v) is 7.20. The highest BCUT2D eigenvalue weighted by atomic mass is 16.5. The van der Waals surface area contributed by atoms with Gasteiger partial charge in [-0.05, 0) is 38.9 Å². The highest BCUT2D eigenvalue weighted by molar-refractivity contribution is 5.77. The molecular weight excluding hydrogens is 252 g/mol. The molecule has 1 atom stereocenters. The molecular formula is C16H26N2O2. The van der Waals surface area contributed by atoms with E-state index in [-0.39, 0.29) is 18.6 Å². The maximum absolute atomic E-state index is 11.8. The topological polar surface area (TPSA) is 41.6 Å². The van der Waals surface area contributed by atoms with E-state index in [1.807, 2.05) is 19.9 Å². The Morgan fingerprint density at radius 3 is 2.70 bits per heavy atom. The van der Waals surface area contributed by atoms with Crippen LogP contribution in [0.2, 0.25) is 0 Å². The predicted molar refractivity (Wildman–Crippen MR) is 82.1 cm³/mol. The molecule has 0 aromatic heterocycles. The number of ether oxygens (including phenoxy) is 1. The fraction of sp³-hybridized carbons (Fsp3) is 0.562. The second-order valence-electron chi connectivity index (χ2n) is 5.02. The largest absolute Gasteiger partial charge is 0.483 e. The van der Waals surface area contributed by atoms with Gasteiger partial charge in [-0.25, -0.2) is 0 Å². The Labute approximate surface area is 122 Å². The average molecular weight is 278 g/mol. The Hall–Kier alpha value is -1.55. The lowest BCUT2D eigenvalue weighted by Gasteiger charge is -2.20. The fourth-order valence-corrected chi connectivity index (χ4v) is 1.97. The molecule has 0 aliphatic carbocycles. The van der Waals surface area contributed by atoms with Crippen LogP contribution in [0.25, 0.3) is 0 Å². The second kappa shape index (κ2) is 7.90. The lowest BCUT2D eigenvalue weighted by Crippen LogP contribution is -2.31. The van der Waals surface area contributed by atoms with Crippen LogP contribution >= 0.6 is 0 Å². The van der Waals surface area contributed by atoms with Gasteiger partial charge in [0, 0.05) is 25.2 Å². The van der Waals surface area contributed by atoms with Gasteiger partial charge < -0.3 is 15.0 Å². The number of carbonyl (C=O) groups excluding carboxylic acids is 1. The van der Waals surface area contributed by atoms with E-state index in [0.29, 0.717) is 6.54 Å². The minimum Gasteiger partial charge on any atom is -0.483 e. The van der Waals surface area contributed by atoms with Crippen LogP contribution in [-0.2, 0) is 4.79 Å². The van der Waals surface area contributed by atoms with Crippen LogP contribution in [0, 0.1) is 6.92 Å². The number of hydrogen-bond donors (Lipinski definition) is 1. The molecule has 0 saturated carbocycles. The Morgan fingerprint density at radius 2 is 2.10 bits per heavy atom. The summed E-state index contributed by atoms with van der Waals surface area (Å²) in [5, 5.41) is 3.37. The van der Waals surface area contributed by atoms with Gasteiger partial charge in [-0.2, -0.15) is 0 Å². The van der Waals surface area contributed by atoms with Crippen molar-refractivity contribution in [3.05, 3.63) is 29.3 Å². The molecule has 4 heteroatoms. The van der Waals surface area contributed by atoms with E-state index in [2.05, 4.69) is 31.3 Å². The Morgan fingerprint density at radius 1 is 1.40 bits per heavy atom. The second-order valence-corrected chi connectivity index (χ2v) is 5.02. The standard InChI is InChI=1S/C16H26N2O2/c1-6-17-13(4)14-9-8-12(3)10-15(14)20-11-16(19)18(5)7-2/h8-10,13,17H,6-7,11H2,1-5H3. The maximum Gasteiger partial charge on any atom is 0.260 e. The predicted octanol–water partition coefficient (Wildman–Crippen LogP) is 2.52. The molecule has 0 radical (unpaired) electrons. The van der Waals surface area contributed by atoms with Crippen molar-refractivity contribution in [3.63, 3.8) is 0 Å². The third-order valence-electron chi connectivity index (χ3n) is 3.40. The number of benzene rings is 1. The number of rotatable bonds is 7. The van der Waals surface area contributed by atoms with Crippen LogP contribution < -0.4 is 10.1 Å². The molecule has 1 aromatic rings. The summed E-state index contributed by atoms with van der Waals surface area (Å²) >= 11 is 0. The van der Waals surface area contributed by atoms with Crippen molar-refractivity contribution in [2.75, 3.05) is 26.7 Å². The molecule has 0 fully saturated rings. The first kappa shape index (κ1) is 16.5. The molecule has 0 aliphatic rings. The van der Waals surface area contributed by atoms with Gasteiger partial charge in [-0.1, -0.05) is 19.1 Å². The molecule has 0 spiro atoms. The summed E-state index contributed by atoms with van der Waals surface area (Å²) in [7, 11) is 1.78. The van der Waals surface area contributed by atoms with Crippen molar-refractivity contribution < 1.29 is 9.53 Å². The molecule has 0 aliphatic heterocycles. The molecule has 1 unspecified atom stereocenters. The SMILES string of the molecule is CCNC(C)c1ccc(C)cc1OCC(=O)N(C)CC. The highest BCUT2D eigenvalue weighted by Gasteiger charge is 2.13. The van der Waals surface area contributed by atoms with Crippen molar-refractivity contribution in [3.8, 4) is 5.75 Å². The minimum atomic E-state index is -0.00365. The summed E-state index contributed by atoms with van der Waals surface area (Å²) < 4.78 is 5.74. The van der Waals surface area contributed by atoms with Gasteiger partial charge in [-0.15, -0.1) is 0 Å². The quantitative estimate of drug-likeness (QED) is 0.833. The number of amides is 1. The van der Waals surface area contributed by atoms with E-state index in [0.717, 1.165) is 23.4 Å². The van der Waals surface area contributed by atoms with Gasteiger partial charge in [-0.3, -0.25) is 4.79 Å². The molecule has 0 bridgehead atoms. The van der Waals surface area contributed by atoms with E-state index in [1.54, 1.807) is 11.9 Å². The highest BCUT2D eigenvalue weighted by Crippen LogP contribution is 2.26. The Balaban J connectivity index is 2.82. The van der Waals surface area contributed by atoms with Crippen LogP contribution in [0.15, 0.2) is 18.2 Å². The van der Waals surface area contributed by atoms with Crippen molar-refractivity contribution in [1.82, 2.24) is 10.2 Å². The Kier molecular flexibility index (Phi) is 6.52. The number of carbonyl (C=O) groups is 1. The first-order valence-electron chi connectivity index (χ1n) is 7.20. The normalized spacial score (nSPS) is 12.1. The van der Waals surface area contributed by atoms with Crippen LogP contribution in [-0.4, -0.2) is 37.6 Å². The van der Waals surface area contributed by atoms with E-state index in [9.17, 15) is 4.79 Å². The van der Waals surface area contributed by atoms with Gasteiger partial charge in [0.25, 0.3) is 5.91 Å². The minimum absolute atomic E-state index is 0.00365. The molecule has 20 heavy (non-hydrogen) atoms. The monoisotopic (exact) mass is 278 g/mol. The lowest BCUT2D eigenvalue weighted by atomic mass is 10.0. The molecule has 112 valence electrons. The van der Waals surface area contributed by atoms with Crippen molar-refractivity contribution in [1.29, 1.82) is 0 Å². The molecule has 4 nitrogen and oxygen atoms in total. The van der Waals surface area contributed by atoms with Gasteiger partial charge in [0.2, 0.25) is 0 Å². The number of likely N-dealkylation sites (N-methyl/N-ethyl adjacent to an activating group) is 1. The zero-order chi connectivity index (χ0) is 15.1. The van der Waals surface area contributed by atoms with E-state index in [1.165, 1.54) is 0 Å². The van der Waals surface area contributed by atoms with E-state index >= 15 is 0 Å². The molecule has 1 N–H and O–H groups in total.